The molecule has 0 amide bonds. The maximum absolute atomic E-state index is 15.8. The van der Waals surface area contributed by atoms with Gasteiger partial charge in [0.05, 0.1) is 68.5 Å². The van der Waals surface area contributed by atoms with E-state index in [1.54, 1.807) is 12.1 Å². The summed E-state index contributed by atoms with van der Waals surface area (Å²) in [5, 5.41) is 18.2. The van der Waals surface area contributed by atoms with E-state index in [2.05, 4.69) is 34.5 Å². The number of pyridine rings is 1. The Balaban J connectivity index is 0.00000343. The minimum Gasteiger partial charge on any atom is -1.00 e. The van der Waals surface area contributed by atoms with Gasteiger partial charge in [-0.25, -0.2) is 4.39 Å². The van der Waals surface area contributed by atoms with Crippen molar-refractivity contribution in [3.8, 4) is 27.8 Å². The monoisotopic (exact) mass is 767 g/mol. The van der Waals surface area contributed by atoms with E-state index in [4.69, 9.17) is 20.8 Å². The van der Waals surface area contributed by atoms with Crippen molar-refractivity contribution < 1.29 is 42.0 Å². The summed E-state index contributed by atoms with van der Waals surface area (Å²) in [4.78, 5) is 15.8. The Labute approximate surface area is 282 Å². The van der Waals surface area contributed by atoms with Crippen LogP contribution >= 0.6 is 34.7 Å². The summed E-state index contributed by atoms with van der Waals surface area (Å²) in [5.74, 6) is 1.21. The molecule has 0 unspecified atom stereocenters. The predicted octanol–water partition coefficient (Wildman–Crippen LogP) is 2.51. The van der Waals surface area contributed by atoms with E-state index < -0.39 is 5.82 Å². The van der Waals surface area contributed by atoms with Crippen molar-refractivity contribution in [1.29, 1.82) is 0 Å². The van der Waals surface area contributed by atoms with Crippen molar-refractivity contribution in [3.05, 3.63) is 63.5 Å². The Morgan fingerprint density at radius 1 is 1.14 bits per heavy atom. The molecule has 7 rings (SSSR count). The lowest BCUT2D eigenvalue weighted by Crippen LogP contribution is -3.00. The van der Waals surface area contributed by atoms with Crippen molar-refractivity contribution in [2.45, 2.75) is 23.1 Å². The van der Waals surface area contributed by atoms with Crippen molar-refractivity contribution >= 4 is 51.3 Å². The maximum Gasteiger partial charge on any atom is 0.247 e. The van der Waals surface area contributed by atoms with Gasteiger partial charge in [0.2, 0.25) is 11.8 Å². The van der Waals surface area contributed by atoms with E-state index in [-0.39, 0.29) is 40.8 Å². The van der Waals surface area contributed by atoms with Crippen LogP contribution in [-0.4, -0.2) is 76.3 Å². The summed E-state index contributed by atoms with van der Waals surface area (Å²) in [5.41, 5.74) is 1.91. The van der Waals surface area contributed by atoms with Gasteiger partial charge in [-0.3, -0.25) is 4.79 Å². The van der Waals surface area contributed by atoms with E-state index in [1.165, 1.54) is 29.2 Å². The first-order valence-corrected chi connectivity index (χ1v) is 16.0. The number of hydrogen-bond acceptors (Lipinski definition) is 10. The zero-order valence-corrected chi connectivity index (χ0v) is 28.6. The van der Waals surface area contributed by atoms with Crippen LogP contribution in [-0.2, 0) is 5.75 Å². The van der Waals surface area contributed by atoms with Crippen molar-refractivity contribution in [2.75, 3.05) is 51.8 Å². The van der Waals surface area contributed by atoms with Gasteiger partial charge < -0.3 is 47.1 Å². The average Bonchev–Trinajstić information content (AvgIpc) is 3.66. The third-order valence-electron chi connectivity index (χ3n) is 7.92. The Morgan fingerprint density at radius 2 is 1.89 bits per heavy atom. The molecular weight excluding hydrogens is 740 g/mol. The molecule has 0 spiro atoms. The average molecular weight is 768 g/mol. The molecule has 0 radical (unpaired) electrons. The molecule has 2 aliphatic rings. The summed E-state index contributed by atoms with van der Waals surface area (Å²) in [6.07, 6.45) is 1.81. The number of likely N-dealkylation sites (N-methyl/N-ethyl adjacent to an activating group) is 1. The lowest BCUT2D eigenvalue weighted by atomic mass is 10.1. The molecule has 0 N–H and O–H groups in total. The number of aromatic nitrogens is 5. The smallest absolute Gasteiger partial charge is 0.247 e. The van der Waals surface area contributed by atoms with Gasteiger partial charge in [-0.05, 0) is 37.3 Å². The zero-order chi connectivity index (χ0) is 29.9. The maximum atomic E-state index is 15.8. The molecule has 3 aromatic heterocycles. The number of nitrogens with zero attached hydrogens (tertiary/aromatic N) is 7. The number of thioether (sulfide) groups is 1. The minimum absolute atomic E-state index is 0. The number of ether oxygens (including phenoxy) is 1. The van der Waals surface area contributed by atoms with Gasteiger partial charge in [-0.15, -0.1) is 20.4 Å². The molecule has 2 aliphatic heterocycles. The first-order chi connectivity index (χ1) is 20.7. The fourth-order valence-electron chi connectivity index (χ4n) is 5.41. The van der Waals surface area contributed by atoms with Crippen LogP contribution in [0.1, 0.15) is 18.9 Å². The van der Waals surface area contributed by atoms with Gasteiger partial charge in [0, 0.05) is 16.8 Å². The standard InChI is InChI=1S/C29H28ClFN7O3S2.HI/c1-16-14-40-26-23-19(12-21(31)24(26)36-8-10-38(2,3)11-9-36)25(39)20(13-37(16)23)28-34-35-29(43-28)42-15-22-32-33-27(41-22)17-4-6-18(30)7-5-17;/h4-7,12-13,16H,8-11,14-15H2,1-3H3;1H/q+1;/p-1/t16-;/m0./s1. The molecule has 1 atom stereocenters. The van der Waals surface area contributed by atoms with Crippen LogP contribution in [0.2, 0.25) is 5.02 Å². The Kier molecular flexibility index (Phi) is 8.65. The largest absolute Gasteiger partial charge is 1.00 e. The first kappa shape index (κ1) is 31.2. The second kappa shape index (κ2) is 12.2. The summed E-state index contributed by atoms with van der Waals surface area (Å²) in [7, 11) is 4.35. The zero-order valence-electron chi connectivity index (χ0n) is 24.1. The van der Waals surface area contributed by atoms with E-state index in [0.717, 1.165) is 23.1 Å². The molecule has 5 heterocycles. The highest BCUT2D eigenvalue weighted by molar-refractivity contribution is 8.00. The molecule has 0 saturated carbocycles. The Bertz CT molecular complexity index is 1900. The molecule has 230 valence electrons. The first-order valence-electron chi connectivity index (χ1n) is 13.8. The molecule has 0 aliphatic carbocycles. The van der Waals surface area contributed by atoms with E-state index in [9.17, 15) is 4.79 Å². The van der Waals surface area contributed by atoms with Crippen LogP contribution in [0.3, 0.4) is 0 Å². The molecule has 10 nitrogen and oxygen atoms in total. The third kappa shape index (κ3) is 5.82. The van der Waals surface area contributed by atoms with Gasteiger partial charge in [0.1, 0.15) is 12.3 Å². The van der Waals surface area contributed by atoms with E-state index in [1.807, 2.05) is 34.7 Å². The molecular formula is C29H28ClFIN7O3S2. The predicted molar refractivity (Wildman–Crippen MR) is 166 cm³/mol. The second-order valence-electron chi connectivity index (χ2n) is 11.4. The number of quaternary nitrogens is 1. The lowest BCUT2D eigenvalue weighted by Gasteiger charge is -2.41. The normalized spacial score (nSPS) is 17.4. The van der Waals surface area contributed by atoms with Crippen LogP contribution in [0.25, 0.3) is 32.9 Å². The molecule has 44 heavy (non-hydrogen) atoms. The highest BCUT2D eigenvalue weighted by atomic mass is 127. The van der Waals surface area contributed by atoms with Crippen LogP contribution in [0.15, 0.2) is 50.1 Å². The Morgan fingerprint density at radius 3 is 2.64 bits per heavy atom. The minimum atomic E-state index is -0.448. The van der Waals surface area contributed by atoms with Crippen molar-refractivity contribution in [1.82, 2.24) is 25.0 Å². The number of halogens is 3. The molecule has 1 saturated heterocycles. The lowest BCUT2D eigenvalue weighted by molar-refractivity contribution is -0.890. The highest BCUT2D eigenvalue weighted by Gasteiger charge is 2.33. The number of hydrogen-bond donors (Lipinski definition) is 0. The van der Waals surface area contributed by atoms with Crippen LogP contribution < -0.4 is 39.0 Å². The van der Waals surface area contributed by atoms with E-state index >= 15 is 4.39 Å². The third-order valence-corrected chi connectivity index (χ3v) is 10.2. The number of rotatable bonds is 6. The SMILES string of the molecule is C[C@H]1COc2c(N3CC[N+](C)(C)CC3)c(F)cc3c(=O)c(-c4nnc(SCc5nnc(-c6ccc(Cl)cc6)o5)s4)cn1c23.[I-]. The summed E-state index contributed by atoms with van der Waals surface area (Å²) in [6, 6.07) is 8.46. The van der Waals surface area contributed by atoms with Crippen molar-refractivity contribution in [3.63, 3.8) is 0 Å². The molecule has 5 aromatic rings. The van der Waals surface area contributed by atoms with Crippen molar-refractivity contribution in [2.24, 2.45) is 0 Å². The topological polar surface area (TPSA) is 99.2 Å². The number of benzene rings is 2. The van der Waals surface area contributed by atoms with Crippen LogP contribution in [0.5, 0.6) is 5.75 Å². The van der Waals surface area contributed by atoms with Crippen LogP contribution in [0.4, 0.5) is 10.1 Å². The van der Waals surface area contributed by atoms with Gasteiger partial charge in [-0.2, -0.15) is 0 Å². The fourth-order valence-corrected chi connectivity index (χ4v) is 7.23. The second-order valence-corrected chi connectivity index (χ2v) is 14.0. The van der Waals surface area contributed by atoms with Gasteiger partial charge >= 0.3 is 0 Å². The van der Waals surface area contributed by atoms with Gasteiger partial charge in [0.25, 0.3) is 0 Å². The number of anilines is 1. The summed E-state index contributed by atoms with van der Waals surface area (Å²) in [6.45, 7) is 5.60. The molecule has 0 bridgehead atoms. The van der Waals surface area contributed by atoms with Gasteiger partial charge in [-0.1, -0.05) is 34.7 Å². The Hall–Kier alpha value is -2.79. The summed E-state index contributed by atoms with van der Waals surface area (Å²) >= 11 is 8.64. The van der Waals surface area contributed by atoms with Gasteiger partial charge in [0.15, 0.2) is 26.3 Å². The quantitative estimate of drug-likeness (QED) is 0.147. The highest BCUT2D eigenvalue weighted by Crippen LogP contribution is 2.43. The summed E-state index contributed by atoms with van der Waals surface area (Å²) < 4.78 is 31.2. The molecule has 1 fully saturated rings. The molecule has 2 aromatic carbocycles. The van der Waals surface area contributed by atoms with E-state index in [0.29, 0.717) is 74.1 Å². The molecule has 15 heteroatoms. The fraction of sp³-hybridized carbons (Fsp3) is 0.345. The number of piperazine rings is 1. The van der Waals surface area contributed by atoms with Crippen LogP contribution in [0, 0.1) is 5.82 Å².